The standard InChI is InChI=1S/C19H27BO5/c1-12-14(11-21)9-13(16(22)23-17(2,3)4)10-15(12)20-24-18(5,6)19(7,8)25-20/h9-11H,1-8H3. The lowest BCUT2D eigenvalue weighted by Crippen LogP contribution is -2.41. The predicted octanol–water partition coefficient (Wildman–Crippen LogP) is 3.06. The van der Waals surface area contributed by atoms with Crippen molar-refractivity contribution in [3.63, 3.8) is 0 Å². The third-order valence-corrected chi connectivity index (χ3v) is 4.76. The van der Waals surface area contributed by atoms with Crippen molar-refractivity contribution in [2.75, 3.05) is 0 Å². The summed E-state index contributed by atoms with van der Waals surface area (Å²) in [6.07, 6.45) is 0.734. The van der Waals surface area contributed by atoms with Crippen LogP contribution >= 0.6 is 0 Å². The number of ether oxygens (including phenoxy) is 1. The molecular formula is C19H27BO5. The molecule has 0 spiro atoms. The van der Waals surface area contributed by atoms with Gasteiger partial charge in [-0.2, -0.15) is 0 Å². The van der Waals surface area contributed by atoms with E-state index in [1.807, 2.05) is 34.6 Å². The van der Waals surface area contributed by atoms with Gasteiger partial charge in [0, 0.05) is 5.56 Å². The van der Waals surface area contributed by atoms with Crippen molar-refractivity contribution in [1.82, 2.24) is 0 Å². The molecule has 0 aromatic heterocycles. The van der Waals surface area contributed by atoms with Crippen molar-refractivity contribution in [3.05, 3.63) is 28.8 Å². The number of carbonyl (C=O) groups excluding carboxylic acids is 2. The summed E-state index contributed by atoms with van der Waals surface area (Å²) in [5.74, 6) is -0.478. The third kappa shape index (κ3) is 3.96. The average Bonchev–Trinajstić information content (AvgIpc) is 2.65. The number of rotatable bonds is 3. The van der Waals surface area contributed by atoms with Gasteiger partial charge in [0.25, 0.3) is 0 Å². The molecule has 0 radical (unpaired) electrons. The Morgan fingerprint density at radius 3 is 2.08 bits per heavy atom. The zero-order valence-corrected chi connectivity index (χ0v) is 16.4. The maximum Gasteiger partial charge on any atom is 0.495 e. The summed E-state index contributed by atoms with van der Waals surface area (Å²) in [5.41, 5.74) is 0.513. The van der Waals surface area contributed by atoms with Crippen LogP contribution in [-0.2, 0) is 14.0 Å². The molecule has 0 atom stereocenters. The van der Waals surface area contributed by atoms with E-state index in [0.717, 1.165) is 11.8 Å². The highest BCUT2D eigenvalue weighted by molar-refractivity contribution is 6.63. The monoisotopic (exact) mass is 346 g/mol. The quantitative estimate of drug-likeness (QED) is 0.478. The Balaban J connectivity index is 2.47. The first-order valence-electron chi connectivity index (χ1n) is 8.46. The number of benzene rings is 1. The van der Waals surface area contributed by atoms with Gasteiger partial charge in [0.2, 0.25) is 0 Å². The number of aldehydes is 1. The van der Waals surface area contributed by atoms with E-state index in [2.05, 4.69) is 0 Å². The normalized spacial score (nSPS) is 19.0. The Labute approximate surface area is 150 Å². The molecule has 1 heterocycles. The number of hydrogen-bond donors (Lipinski definition) is 0. The van der Waals surface area contributed by atoms with Crippen LogP contribution in [0.5, 0.6) is 0 Å². The minimum atomic E-state index is -0.647. The number of hydrogen-bond acceptors (Lipinski definition) is 5. The van der Waals surface area contributed by atoms with Crippen molar-refractivity contribution >= 4 is 24.8 Å². The van der Waals surface area contributed by atoms with Gasteiger partial charge in [0.15, 0.2) is 0 Å². The fourth-order valence-corrected chi connectivity index (χ4v) is 2.55. The first-order chi connectivity index (χ1) is 11.3. The Morgan fingerprint density at radius 2 is 1.64 bits per heavy atom. The molecule has 1 aromatic carbocycles. The lowest BCUT2D eigenvalue weighted by atomic mass is 9.74. The molecule has 1 saturated heterocycles. The Kier molecular flexibility index (Phi) is 4.92. The fraction of sp³-hybridized carbons (Fsp3) is 0.579. The number of carbonyl (C=O) groups is 2. The van der Waals surface area contributed by atoms with Gasteiger partial charge in [0.1, 0.15) is 11.9 Å². The van der Waals surface area contributed by atoms with E-state index >= 15 is 0 Å². The highest BCUT2D eigenvalue weighted by Crippen LogP contribution is 2.36. The van der Waals surface area contributed by atoms with Crippen molar-refractivity contribution in [3.8, 4) is 0 Å². The highest BCUT2D eigenvalue weighted by Gasteiger charge is 2.52. The van der Waals surface area contributed by atoms with Crippen LogP contribution in [0, 0.1) is 6.92 Å². The molecule has 5 nitrogen and oxygen atoms in total. The molecule has 0 unspecified atom stereocenters. The predicted molar refractivity (Wildman–Crippen MR) is 97.5 cm³/mol. The molecule has 136 valence electrons. The fourth-order valence-electron chi connectivity index (χ4n) is 2.55. The van der Waals surface area contributed by atoms with E-state index in [4.69, 9.17) is 14.0 Å². The number of esters is 1. The molecule has 1 fully saturated rings. The maximum atomic E-state index is 12.4. The van der Waals surface area contributed by atoms with Gasteiger partial charge in [-0.3, -0.25) is 4.79 Å². The van der Waals surface area contributed by atoms with Crippen LogP contribution in [0.15, 0.2) is 12.1 Å². The molecule has 0 N–H and O–H groups in total. The average molecular weight is 346 g/mol. The second-order valence-electron chi connectivity index (χ2n) is 8.49. The Hall–Kier alpha value is -1.66. The van der Waals surface area contributed by atoms with E-state index in [-0.39, 0.29) is 0 Å². The van der Waals surface area contributed by atoms with Gasteiger partial charge in [0.05, 0.1) is 16.8 Å². The van der Waals surface area contributed by atoms with Crippen LogP contribution in [-0.4, -0.2) is 36.2 Å². The van der Waals surface area contributed by atoms with Crippen LogP contribution in [0.3, 0.4) is 0 Å². The second-order valence-corrected chi connectivity index (χ2v) is 8.49. The summed E-state index contributed by atoms with van der Waals surface area (Å²) in [4.78, 5) is 23.9. The molecule has 0 saturated carbocycles. The lowest BCUT2D eigenvalue weighted by Gasteiger charge is -2.32. The first-order valence-corrected chi connectivity index (χ1v) is 8.46. The molecule has 1 aliphatic rings. The molecule has 1 aromatic rings. The summed E-state index contributed by atoms with van der Waals surface area (Å²) < 4.78 is 17.6. The smallest absolute Gasteiger partial charge is 0.456 e. The topological polar surface area (TPSA) is 61.8 Å². The van der Waals surface area contributed by atoms with Crippen molar-refractivity contribution in [2.24, 2.45) is 0 Å². The van der Waals surface area contributed by atoms with Gasteiger partial charge in [-0.1, -0.05) is 0 Å². The zero-order valence-electron chi connectivity index (χ0n) is 16.4. The van der Waals surface area contributed by atoms with Crippen LogP contribution in [0.1, 0.15) is 74.7 Å². The molecule has 0 aliphatic carbocycles. The Bertz CT molecular complexity index is 685. The molecule has 2 rings (SSSR count). The Morgan fingerprint density at radius 1 is 1.12 bits per heavy atom. The van der Waals surface area contributed by atoms with Crippen LogP contribution in [0.2, 0.25) is 0 Å². The molecular weight excluding hydrogens is 319 g/mol. The van der Waals surface area contributed by atoms with Gasteiger partial charge in [-0.25, -0.2) is 4.79 Å². The van der Waals surface area contributed by atoms with Gasteiger partial charge in [-0.15, -0.1) is 0 Å². The summed E-state index contributed by atoms with van der Waals surface area (Å²) >= 11 is 0. The van der Waals surface area contributed by atoms with Crippen LogP contribution in [0.4, 0.5) is 0 Å². The van der Waals surface area contributed by atoms with E-state index in [1.54, 1.807) is 32.9 Å². The van der Waals surface area contributed by atoms with Crippen molar-refractivity contribution < 1.29 is 23.6 Å². The second kappa shape index (κ2) is 6.25. The molecule has 0 amide bonds. The lowest BCUT2D eigenvalue weighted by molar-refractivity contribution is 0.00578. The summed E-state index contributed by atoms with van der Waals surface area (Å²) in [5, 5.41) is 0. The zero-order chi connectivity index (χ0) is 19.2. The van der Waals surface area contributed by atoms with Gasteiger partial charge < -0.3 is 14.0 Å². The largest absolute Gasteiger partial charge is 0.495 e. The van der Waals surface area contributed by atoms with E-state index in [1.165, 1.54) is 0 Å². The minimum absolute atomic E-state index is 0.312. The maximum absolute atomic E-state index is 12.4. The molecule has 25 heavy (non-hydrogen) atoms. The molecule has 6 heteroatoms. The van der Waals surface area contributed by atoms with E-state index in [9.17, 15) is 9.59 Å². The first kappa shape index (κ1) is 19.7. The highest BCUT2D eigenvalue weighted by atomic mass is 16.7. The summed E-state index contributed by atoms with van der Waals surface area (Å²) in [6, 6.07) is 3.24. The minimum Gasteiger partial charge on any atom is -0.456 e. The SMILES string of the molecule is Cc1c(C=O)cc(C(=O)OC(C)(C)C)cc1B1OC(C)(C)C(C)(C)O1. The summed E-state index contributed by atoms with van der Waals surface area (Å²) in [6.45, 7) is 15.1. The van der Waals surface area contributed by atoms with Crippen LogP contribution in [0.25, 0.3) is 0 Å². The van der Waals surface area contributed by atoms with Crippen molar-refractivity contribution in [1.29, 1.82) is 0 Å². The van der Waals surface area contributed by atoms with E-state index in [0.29, 0.717) is 16.6 Å². The van der Waals surface area contributed by atoms with Crippen LogP contribution < -0.4 is 5.46 Å². The molecule has 0 bridgehead atoms. The summed E-state index contributed by atoms with van der Waals surface area (Å²) in [7, 11) is -0.647. The van der Waals surface area contributed by atoms with E-state index < -0.39 is 29.9 Å². The van der Waals surface area contributed by atoms with Gasteiger partial charge >= 0.3 is 13.1 Å². The van der Waals surface area contributed by atoms with Crippen molar-refractivity contribution in [2.45, 2.75) is 72.2 Å². The van der Waals surface area contributed by atoms with Gasteiger partial charge in [-0.05, 0) is 78.5 Å². The third-order valence-electron chi connectivity index (χ3n) is 4.76. The molecule has 1 aliphatic heterocycles.